The molecule has 260 valence electrons. The van der Waals surface area contributed by atoms with Gasteiger partial charge in [-0.15, -0.1) is 0 Å². The van der Waals surface area contributed by atoms with Gasteiger partial charge in [-0.25, -0.2) is 0 Å². The molecule has 4 aromatic carbocycles. The number of hydrogen-bond acceptors (Lipinski definition) is 5. The van der Waals surface area contributed by atoms with Crippen LogP contribution >= 0.6 is 11.6 Å². The van der Waals surface area contributed by atoms with Crippen LogP contribution in [0.4, 0.5) is 0 Å². The van der Waals surface area contributed by atoms with Gasteiger partial charge >= 0.3 is 0 Å². The van der Waals surface area contributed by atoms with Gasteiger partial charge in [0.15, 0.2) is 0 Å². The molecule has 0 atom stereocenters. The van der Waals surface area contributed by atoms with Crippen molar-refractivity contribution < 1.29 is 14.2 Å². The number of halogens is 1. The zero-order chi connectivity index (χ0) is 34.2. The van der Waals surface area contributed by atoms with E-state index in [1.165, 1.54) is 84.1 Å². The number of rotatable bonds is 14. The predicted molar refractivity (Wildman–Crippen MR) is 202 cm³/mol. The van der Waals surface area contributed by atoms with E-state index in [-0.39, 0.29) is 0 Å². The molecule has 2 saturated heterocycles. The lowest BCUT2D eigenvalue weighted by Crippen LogP contribution is -2.29. The van der Waals surface area contributed by atoms with E-state index in [1.54, 1.807) is 0 Å². The highest BCUT2D eigenvalue weighted by Gasteiger charge is 2.19. The minimum atomic E-state index is 0.410. The third-order valence-corrected chi connectivity index (χ3v) is 10.7. The third-order valence-electron chi connectivity index (χ3n) is 10.5. The standard InChI is InChI=1S/C43H53ClN2O3/c1-31-14-10-15-32(2)39(31)30-49-42-27-43(40(44)26-36(42)28-46-22-6-5-7-23-46)48-29-35-16-11-17-37(33(35)3)38-18-12-19-41(34(38)4)47-25-13-24-45-20-8-9-21-45/h10-12,14-19,26-27H,5-9,13,20-25,28-30H2,1-4H3. The van der Waals surface area contributed by atoms with E-state index in [4.69, 9.17) is 25.8 Å². The van der Waals surface area contributed by atoms with E-state index in [1.807, 2.05) is 6.07 Å². The van der Waals surface area contributed by atoms with E-state index in [9.17, 15) is 0 Å². The molecule has 0 radical (unpaired) electrons. The van der Waals surface area contributed by atoms with Crippen molar-refractivity contribution in [2.45, 2.75) is 86.0 Å². The van der Waals surface area contributed by atoms with E-state index in [2.05, 4.69) is 98.2 Å². The molecule has 49 heavy (non-hydrogen) atoms. The number of hydrogen-bond donors (Lipinski definition) is 0. The van der Waals surface area contributed by atoms with Crippen LogP contribution in [-0.2, 0) is 19.8 Å². The molecule has 0 spiro atoms. The maximum Gasteiger partial charge on any atom is 0.142 e. The highest BCUT2D eigenvalue weighted by Crippen LogP contribution is 2.37. The molecule has 0 bridgehead atoms. The van der Waals surface area contributed by atoms with Gasteiger partial charge in [-0.3, -0.25) is 4.90 Å². The molecule has 0 saturated carbocycles. The van der Waals surface area contributed by atoms with E-state index >= 15 is 0 Å². The first kappa shape index (κ1) is 35.3. The summed E-state index contributed by atoms with van der Waals surface area (Å²) in [5.41, 5.74) is 10.7. The Balaban J connectivity index is 1.18. The first-order valence-corrected chi connectivity index (χ1v) is 18.6. The first-order chi connectivity index (χ1) is 23.9. The number of benzene rings is 4. The molecule has 2 fully saturated rings. The quantitative estimate of drug-likeness (QED) is 0.124. The molecule has 2 aliphatic rings. The topological polar surface area (TPSA) is 34.2 Å². The van der Waals surface area contributed by atoms with Gasteiger partial charge in [0.05, 0.1) is 11.6 Å². The van der Waals surface area contributed by atoms with E-state index in [0.29, 0.717) is 24.0 Å². The summed E-state index contributed by atoms with van der Waals surface area (Å²) in [5, 5.41) is 0.616. The van der Waals surface area contributed by atoms with Crippen molar-refractivity contribution in [2.75, 3.05) is 39.3 Å². The van der Waals surface area contributed by atoms with Crippen molar-refractivity contribution in [1.82, 2.24) is 9.80 Å². The predicted octanol–water partition coefficient (Wildman–Crippen LogP) is 10.2. The van der Waals surface area contributed by atoms with Crippen molar-refractivity contribution >= 4 is 11.6 Å². The Hall–Kier alpha value is -3.51. The number of nitrogens with zero attached hydrogens (tertiary/aromatic N) is 2. The van der Waals surface area contributed by atoms with Crippen LogP contribution in [0.2, 0.25) is 5.02 Å². The van der Waals surface area contributed by atoms with Crippen molar-refractivity contribution in [3.05, 3.63) is 111 Å². The maximum atomic E-state index is 6.93. The summed E-state index contributed by atoms with van der Waals surface area (Å²) in [6.45, 7) is 16.9. The fourth-order valence-corrected chi connectivity index (χ4v) is 7.60. The Labute approximate surface area is 299 Å². The minimum Gasteiger partial charge on any atom is -0.493 e. The Morgan fingerprint density at radius 1 is 0.592 bits per heavy atom. The highest BCUT2D eigenvalue weighted by molar-refractivity contribution is 6.32. The van der Waals surface area contributed by atoms with Crippen LogP contribution in [-0.4, -0.2) is 49.1 Å². The van der Waals surface area contributed by atoms with E-state index in [0.717, 1.165) is 61.8 Å². The van der Waals surface area contributed by atoms with Crippen molar-refractivity contribution in [3.8, 4) is 28.4 Å². The molecule has 0 amide bonds. The van der Waals surface area contributed by atoms with Crippen LogP contribution in [0.3, 0.4) is 0 Å². The lowest BCUT2D eigenvalue weighted by Gasteiger charge is -2.27. The highest BCUT2D eigenvalue weighted by atomic mass is 35.5. The molecule has 6 heteroatoms. The molecule has 2 heterocycles. The van der Waals surface area contributed by atoms with Crippen LogP contribution in [0.15, 0.2) is 66.7 Å². The second-order valence-corrected chi connectivity index (χ2v) is 14.4. The monoisotopic (exact) mass is 680 g/mol. The van der Waals surface area contributed by atoms with Crippen LogP contribution in [0.25, 0.3) is 11.1 Å². The number of piperidine rings is 1. The van der Waals surface area contributed by atoms with Gasteiger partial charge in [-0.2, -0.15) is 0 Å². The Bertz CT molecular complexity index is 1690. The lowest BCUT2D eigenvalue weighted by molar-refractivity contribution is 0.214. The van der Waals surface area contributed by atoms with Gasteiger partial charge in [0.2, 0.25) is 0 Å². The van der Waals surface area contributed by atoms with Gasteiger partial charge in [0, 0.05) is 24.7 Å². The summed E-state index contributed by atoms with van der Waals surface area (Å²) in [7, 11) is 0. The van der Waals surface area contributed by atoms with Crippen LogP contribution in [0.1, 0.15) is 77.5 Å². The molecule has 4 aromatic rings. The normalized spacial score (nSPS) is 15.4. The molecule has 6 rings (SSSR count). The second kappa shape index (κ2) is 16.9. The zero-order valence-electron chi connectivity index (χ0n) is 30.0. The molecule has 5 nitrogen and oxygen atoms in total. The third kappa shape index (κ3) is 9.00. The summed E-state index contributed by atoms with van der Waals surface area (Å²) < 4.78 is 19.4. The minimum absolute atomic E-state index is 0.410. The van der Waals surface area contributed by atoms with E-state index < -0.39 is 0 Å². The number of ether oxygens (including phenoxy) is 3. The fraction of sp³-hybridized carbons (Fsp3) is 0.442. The number of likely N-dealkylation sites (tertiary alicyclic amines) is 2. The molecule has 0 N–H and O–H groups in total. The molecule has 0 aromatic heterocycles. The Kier molecular flexibility index (Phi) is 12.2. The molecular formula is C43H53ClN2O3. The Morgan fingerprint density at radius 2 is 1.22 bits per heavy atom. The smallest absolute Gasteiger partial charge is 0.142 e. The zero-order valence-corrected chi connectivity index (χ0v) is 30.7. The summed E-state index contributed by atoms with van der Waals surface area (Å²) in [4.78, 5) is 5.05. The van der Waals surface area contributed by atoms with Crippen molar-refractivity contribution in [1.29, 1.82) is 0 Å². The summed E-state index contributed by atoms with van der Waals surface area (Å²) in [5.74, 6) is 2.45. The average molecular weight is 681 g/mol. The largest absolute Gasteiger partial charge is 0.493 e. The number of aryl methyl sites for hydroxylation is 2. The Morgan fingerprint density at radius 3 is 1.98 bits per heavy atom. The van der Waals surface area contributed by atoms with Gasteiger partial charge in [0.25, 0.3) is 0 Å². The molecule has 2 aliphatic heterocycles. The van der Waals surface area contributed by atoms with Crippen LogP contribution in [0.5, 0.6) is 17.2 Å². The van der Waals surface area contributed by atoms with Crippen LogP contribution < -0.4 is 14.2 Å². The molecule has 0 unspecified atom stereocenters. The first-order valence-electron chi connectivity index (χ1n) is 18.3. The molecule has 0 aliphatic carbocycles. The fourth-order valence-electron chi connectivity index (χ4n) is 7.36. The van der Waals surface area contributed by atoms with Gasteiger partial charge < -0.3 is 19.1 Å². The second-order valence-electron chi connectivity index (χ2n) is 13.9. The van der Waals surface area contributed by atoms with Crippen molar-refractivity contribution in [2.24, 2.45) is 0 Å². The SMILES string of the molecule is Cc1cccc(C)c1COc1cc(OCc2cccc(-c3cccc(OCCCN4CCCC4)c3C)c2C)c(Cl)cc1CN1CCCCC1. The summed E-state index contributed by atoms with van der Waals surface area (Å²) >= 11 is 6.93. The lowest BCUT2D eigenvalue weighted by atomic mass is 9.93. The van der Waals surface area contributed by atoms with Crippen LogP contribution in [0, 0.1) is 27.7 Å². The van der Waals surface area contributed by atoms with Crippen molar-refractivity contribution in [3.63, 3.8) is 0 Å². The van der Waals surface area contributed by atoms with Gasteiger partial charge in [-0.1, -0.05) is 66.6 Å². The summed E-state index contributed by atoms with van der Waals surface area (Å²) in [6.07, 6.45) is 7.48. The molecular weight excluding hydrogens is 628 g/mol. The maximum absolute atomic E-state index is 6.93. The summed E-state index contributed by atoms with van der Waals surface area (Å²) in [6, 6.07) is 23.3. The van der Waals surface area contributed by atoms with Gasteiger partial charge in [0.1, 0.15) is 30.5 Å². The average Bonchev–Trinajstić information content (AvgIpc) is 3.62. The van der Waals surface area contributed by atoms with Gasteiger partial charge in [-0.05, 0) is 143 Å².